The minimum Gasteiger partial charge on any atom is -0.399 e. The Kier molecular flexibility index (Phi) is 3.45. The molecule has 2 fully saturated rings. The van der Waals surface area contributed by atoms with E-state index >= 15 is 0 Å². The van der Waals surface area contributed by atoms with Crippen molar-refractivity contribution in [1.29, 1.82) is 0 Å². The van der Waals surface area contributed by atoms with Crippen LogP contribution in [0.3, 0.4) is 0 Å². The highest BCUT2D eigenvalue weighted by Gasteiger charge is 2.52. The molecule has 1 saturated carbocycles. The Morgan fingerprint density at radius 2 is 1.79 bits per heavy atom. The van der Waals surface area contributed by atoms with Crippen LogP contribution < -0.4 is 5.46 Å². The molecule has 4 nitrogen and oxygen atoms in total. The zero-order chi connectivity index (χ0) is 17.1. The molecule has 1 aromatic heterocycles. The van der Waals surface area contributed by atoms with E-state index in [0.29, 0.717) is 5.92 Å². The van der Waals surface area contributed by atoms with Gasteiger partial charge in [-0.2, -0.15) is 0 Å². The largest absolute Gasteiger partial charge is 0.495 e. The lowest BCUT2D eigenvalue weighted by Crippen LogP contribution is -2.41. The van der Waals surface area contributed by atoms with Crippen molar-refractivity contribution in [3.05, 3.63) is 42.0 Å². The van der Waals surface area contributed by atoms with Gasteiger partial charge in [-0.3, -0.25) is 0 Å². The zero-order valence-electron chi connectivity index (χ0n) is 15.2. The first-order valence-electron chi connectivity index (χ1n) is 8.77. The minimum atomic E-state index is -0.313. The van der Waals surface area contributed by atoms with Crippen LogP contribution in [0.4, 0.5) is 0 Å². The fourth-order valence-electron chi connectivity index (χ4n) is 3.12. The van der Waals surface area contributed by atoms with Crippen molar-refractivity contribution in [2.24, 2.45) is 0 Å². The third kappa shape index (κ3) is 2.60. The number of imidazole rings is 1. The summed E-state index contributed by atoms with van der Waals surface area (Å²) in [5.74, 6) is 0.677. The topological polar surface area (TPSA) is 36.3 Å². The van der Waals surface area contributed by atoms with Gasteiger partial charge >= 0.3 is 7.12 Å². The standard InChI is InChI=1S/C19H25BN2O2/c1-13-10-15(22-11-17(21-12-22)14-6-7-14)8-9-16(13)20-23-18(2,3)19(4,5)24-20/h8-12,14H,6-7H2,1-5H3. The highest BCUT2D eigenvalue weighted by atomic mass is 16.7. The Bertz CT molecular complexity index is 761. The van der Waals surface area contributed by atoms with E-state index in [0.717, 1.165) is 11.2 Å². The van der Waals surface area contributed by atoms with E-state index in [2.05, 4.69) is 68.6 Å². The van der Waals surface area contributed by atoms with Crippen LogP contribution in [-0.2, 0) is 9.31 Å². The van der Waals surface area contributed by atoms with Crippen LogP contribution in [0.2, 0.25) is 0 Å². The van der Waals surface area contributed by atoms with Gasteiger partial charge in [0.15, 0.2) is 0 Å². The number of aromatic nitrogens is 2. The van der Waals surface area contributed by atoms with E-state index in [4.69, 9.17) is 9.31 Å². The maximum Gasteiger partial charge on any atom is 0.495 e. The summed E-state index contributed by atoms with van der Waals surface area (Å²) in [5.41, 5.74) is 3.99. The molecule has 4 rings (SSSR count). The summed E-state index contributed by atoms with van der Waals surface area (Å²) in [6, 6.07) is 6.41. The Hall–Kier alpha value is -1.59. The molecule has 0 unspecified atom stereocenters. The molecule has 0 radical (unpaired) electrons. The lowest BCUT2D eigenvalue weighted by Gasteiger charge is -2.32. The van der Waals surface area contributed by atoms with Crippen LogP contribution in [0.25, 0.3) is 5.69 Å². The number of benzene rings is 1. The van der Waals surface area contributed by atoms with Crippen LogP contribution in [0.15, 0.2) is 30.7 Å². The molecular weight excluding hydrogens is 299 g/mol. The van der Waals surface area contributed by atoms with Gasteiger partial charge in [0, 0.05) is 17.8 Å². The second kappa shape index (κ2) is 5.20. The van der Waals surface area contributed by atoms with E-state index in [1.807, 2.05) is 6.33 Å². The number of aryl methyl sites for hydroxylation is 1. The van der Waals surface area contributed by atoms with Crippen LogP contribution in [-0.4, -0.2) is 27.9 Å². The SMILES string of the molecule is Cc1cc(-n2cnc(C3CC3)c2)ccc1B1OC(C)(C)C(C)(C)O1. The molecule has 2 aliphatic rings. The Morgan fingerprint density at radius 3 is 2.38 bits per heavy atom. The molecular formula is C19H25BN2O2. The minimum absolute atomic E-state index is 0.311. The van der Waals surface area contributed by atoms with Crippen molar-refractivity contribution >= 4 is 12.6 Å². The summed E-state index contributed by atoms with van der Waals surface area (Å²) in [6.07, 6.45) is 6.62. The van der Waals surface area contributed by atoms with Crippen molar-refractivity contribution < 1.29 is 9.31 Å². The summed E-state index contributed by atoms with van der Waals surface area (Å²) in [4.78, 5) is 4.54. The maximum absolute atomic E-state index is 6.18. The average Bonchev–Trinajstić information content (AvgIpc) is 3.17. The van der Waals surface area contributed by atoms with Gasteiger partial charge in [-0.25, -0.2) is 4.98 Å². The smallest absolute Gasteiger partial charge is 0.399 e. The molecule has 5 heteroatoms. The molecule has 1 saturated heterocycles. The number of hydrogen-bond acceptors (Lipinski definition) is 3. The monoisotopic (exact) mass is 324 g/mol. The number of hydrogen-bond donors (Lipinski definition) is 0. The Morgan fingerprint density at radius 1 is 1.12 bits per heavy atom. The van der Waals surface area contributed by atoms with Crippen LogP contribution >= 0.6 is 0 Å². The van der Waals surface area contributed by atoms with Gasteiger partial charge in [-0.15, -0.1) is 0 Å². The molecule has 0 spiro atoms. The molecule has 0 amide bonds. The molecule has 0 bridgehead atoms. The Balaban J connectivity index is 1.60. The number of rotatable bonds is 3. The van der Waals surface area contributed by atoms with Crippen molar-refractivity contribution in [2.75, 3.05) is 0 Å². The second-order valence-corrected chi connectivity index (χ2v) is 8.11. The average molecular weight is 324 g/mol. The summed E-state index contributed by atoms with van der Waals surface area (Å²) in [6.45, 7) is 10.5. The number of nitrogens with zero attached hydrogens (tertiary/aromatic N) is 2. The van der Waals surface area contributed by atoms with Gasteiger partial charge in [-0.1, -0.05) is 6.07 Å². The molecule has 1 aromatic carbocycles. The van der Waals surface area contributed by atoms with Crippen LogP contribution in [0, 0.1) is 6.92 Å². The van der Waals surface area contributed by atoms with Gasteiger partial charge in [0.2, 0.25) is 0 Å². The molecule has 0 N–H and O–H groups in total. The van der Waals surface area contributed by atoms with Crippen LogP contribution in [0.5, 0.6) is 0 Å². The van der Waals surface area contributed by atoms with Crippen molar-refractivity contribution in [3.63, 3.8) is 0 Å². The first-order chi connectivity index (χ1) is 11.3. The van der Waals surface area contributed by atoms with E-state index < -0.39 is 0 Å². The van der Waals surface area contributed by atoms with E-state index in [1.165, 1.54) is 24.1 Å². The predicted molar refractivity (Wildman–Crippen MR) is 96.0 cm³/mol. The third-order valence-electron chi connectivity index (χ3n) is 5.66. The van der Waals surface area contributed by atoms with E-state index in [1.54, 1.807) is 0 Å². The summed E-state index contributed by atoms with van der Waals surface area (Å²) < 4.78 is 14.5. The van der Waals surface area contributed by atoms with Gasteiger partial charge in [0.25, 0.3) is 0 Å². The second-order valence-electron chi connectivity index (χ2n) is 8.11. The molecule has 126 valence electrons. The molecule has 24 heavy (non-hydrogen) atoms. The molecule has 2 aromatic rings. The van der Waals surface area contributed by atoms with Gasteiger partial charge in [-0.05, 0) is 70.6 Å². The van der Waals surface area contributed by atoms with E-state index in [9.17, 15) is 0 Å². The van der Waals surface area contributed by atoms with Crippen molar-refractivity contribution in [1.82, 2.24) is 9.55 Å². The molecule has 2 heterocycles. The Labute approximate surface area is 144 Å². The highest BCUT2D eigenvalue weighted by Crippen LogP contribution is 2.39. The van der Waals surface area contributed by atoms with Gasteiger partial charge < -0.3 is 13.9 Å². The summed E-state index contributed by atoms with van der Waals surface area (Å²) in [7, 11) is -0.311. The summed E-state index contributed by atoms with van der Waals surface area (Å²) >= 11 is 0. The summed E-state index contributed by atoms with van der Waals surface area (Å²) in [5, 5.41) is 0. The van der Waals surface area contributed by atoms with Crippen molar-refractivity contribution in [3.8, 4) is 5.69 Å². The maximum atomic E-state index is 6.18. The normalized spacial score (nSPS) is 22.1. The first kappa shape index (κ1) is 15.9. The van der Waals surface area contributed by atoms with Crippen molar-refractivity contribution in [2.45, 2.75) is 64.6 Å². The quantitative estimate of drug-likeness (QED) is 0.813. The lowest BCUT2D eigenvalue weighted by atomic mass is 9.76. The van der Waals surface area contributed by atoms with Gasteiger partial charge in [0.05, 0.1) is 23.2 Å². The lowest BCUT2D eigenvalue weighted by molar-refractivity contribution is 0.00578. The molecule has 1 aliphatic carbocycles. The zero-order valence-corrected chi connectivity index (χ0v) is 15.2. The third-order valence-corrected chi connectivity index (χ3v) is 5.66. The van der Waals surface area contributed by atoms with E-state index in [-0.39, 0.29) is 18.3 Å². The molecule has 0 atom stereocenters. The van der Waals surface area contributed by atoms with Gasteiger partial charge in [0.1, 0.15) is 0 Å². The first-order valence-corrected chi connectivity index (χ1v) is 8.77. The predicted octanol–water partition coefficient (Wildman–Crippen LogP) is 3.36. The fourth-order valence-corrected chi connectivity index (χ4v) is 3.12. The molecule has 1 aliphatic heterocycles. The fraction of sp³-hybridized carbons (Fsp3) is 0.526. The highest BCUT2D eigenvalue weighted by molar-refractivity contribution is 6.62. The van der Waals surface area contributed by atoms with Crippen LogP contribution in [0.1, 0.15) is 57.7 Å².